The Morgan fingerprint density at radius 1 is 0.500 bits per heavy atom. The van der Waals surface area contributed by atoms with Crippen LogP contribution in [0.2, 0.25) is 0 Å². The van der Waals surface area contributed by atoms with Crippen molar-refractivity contribution in [2.24, 2.45) is 0 Å². The van der Waals surface area contributed by atoms with Crippen molar-refractivity contribution >= 4 is 31.9 Å². The van der Waals surface area contributed by atoms with Gasteiger partial charge in [-0.25, -0.2) is 0 Å². The van der Waals surface area contributed by atoms with Crippen molar-refractivity contribution in [3.8, 4) is 44.9 Å². The highest BCUT2D eigenvalue weighted by atomic mass is 79.9. The first-order valence-electron chi connectivity index (χ1n) is 9.48. The molecular formula is C26H20Br2O2. The Morgan fingerprint density at radius 2 is 0.867 bits per heavy atom. The molecule has 4 rings (SSSR count). The summed E-state index contributed by atoms with van der Waals surface area (Å²) in [6.45, 7) is 0. The molecular weight excluding hydrogens is 504 g/mol. The summed E-state index contributed by atoms with van der Waals surface area (Å²) in [6, 6.07) is 28.8. The zero-order chi connectivity index (χ0) is 21.1. The standard InChI is InChI=1S/C26H20Br2O2/c1-29-25-15-21(23(27)13-19(25)17-9-5-3-6-10-17)22-16-26(30-2)20(14-24(22)28)18-11-7-4-8-12-18/h3-16H,1-2H3. The van der Waals surface area contributed by atoms with Gasteiger partial charge in [0.05, 0.1) is 14.2 Å². The molecule has 4 aromatic carbocycles. The molecule has 0 saturated carbocycles. The topological polar surface area (TPSA) is 18.5 Å². The van der Waals surface area contributed by atoms with Gasteiger partial charge in [-0.05, 0) is 35.4 Å². The summed E-state index contributed by atoms with van der Waals surface area (Å²) in [5.74, 6) is 1.63. The summed E-state index contributed by atoms with van der Waals surface area (Å²) in [6.07, 6.45) is 0. The number of ether oxygens (including phenoxy) is 2. The minimum absolute atomic E-state index is 0.817. The van der Waals surface area contributed by atoms with Crippen molar-refractivity contribution in [2.45, 2.75) is 0 Å². The zero-order valence-electron chi connectivity index (χ0n) is 16.7. The molecule has 0 saturated heterocycles. The summed E-state index contributed by atoms with van der Waals surface area (Å²) in [5, 5.41) is 0. The number of hydrogen-bond donors (Lipinski definition) is 0. The summed E-state index contributed by atoms with van der Waals surface area (Å²) >= 11 is 7.54. The van der Waals surface area contributed by atoms with Crippen LogP contribution in [0.3, 0.4) is 0 Å². The molecule has 4 aromatic rings. The van der Waals surface area contributed by atoms with Crippen LogP contribution in [0.5, 0.6) is 11.5 Å². The van der Waals surface area contributed by atoms with E-state index >= 15 is 0 Å². The lowest BCUT2D eigenvalue weighted by Crippen LogP contribution is -1.94. The van der Waals surface area contributed by atoms with E-state index in [0.29, 0.717) is 0 Å². The lowest BCUT2D eigenvalue weighted by atomic mass is 9.96. The number of hydrogen-bond acceptors (Lipinski definition) is 2. The predicted molar refractivity (Wildman–Crippen MR) is 131 cm³/mol. The van der Waals surface area contributed by atoms with Crippen LogP contribution in [0.25, 0.3) is 33.4 Å². The third kappa shape index (κ3) is 4.03. The largest absolute Gasteiger partial charge is 0.496 e. The molecule has 150 valence electrons. The van der Waals surface area contributed by atoms with Gasteiger partial charge in [0.25, 0.3) is 0 Å². The van der Waals surface area contributed by atoms with Crippen molar-refractivity contribution in [1.29, 1.82) is 0 Å². The Morgan fingerprint density at radius 3 is 1.20 bits per heavy atom. The summed E-state index contributed by atoms with van der Waals surface area (Å²) in [4.78, 5) is 0. The van der Waals surface area contributed by atoms with E-state index in [2.05, 4.69) is 80.4 Å². The Balaban J connectivity index is 1.86. The van der Waals surface area contributed by atoms with E-state index in [9.17, 15) is 0 Å². The Bertz CT molecular complexity index is 1080. The average Bonchev–Trinajstić information content (AvgIpc) is 2.80. The van der Waals surface area contributed by atoms with Gasteiger partial charge in [-0.1, -0.05) is 92.5 Å². The quantitative estimate of drug-likeness (QED) is 0.262. The molecule has 0 unspecified atom stereocenters. The maximum absolute atomic E-state index is 5.74. The predicted octanol–water partition coefficient (Wildman–Crippen LogP) is 8.23. The first kappa shape index (κ1) is 20.7. The number of rotatable bonds is 5. The van der Waals surface area contributed by atoms with Gasteiger partial charge in [0.1, 0.15) is 11.5 Å². The highest BCUT2D eigenvalue weighted by Gasteiger charge is 2.17. The van der Waals surface area contributed by atoms with E-state index in [4.69, 9.17) is 9.47 Å². The second-order valence-corrected chi connectivity index (χ2v) is 8.51. The molecule has 0 amide bonds. The van der Waals surface area contributed by atoms with Crippen LogP contribution in [-0.2, 0) is 0 Å². The fraction of sp³-hybridized carbons (Fsp3) is 0.0769. The Hall–Kier alpha value is -2.56. The third-order valence-corrected chi connectivity index (χ3v) is 6.35. The third-order valence-electron chi connectivity index (χ3n) is 5.04. The van der Waals surface area contributed by atoms with Gasteiger partial charge >= 0.3 is 0 Å². The second kappa shape index (κ2) is 9.07. The minimum Gasteiger partial charge on any atom is -0.496 e. The minimum atomic E-state index is 0.817. The van der Waals surface area contributed by atoms with Crippen LogP contribution in [0.15, 0.2) is 93.9 Å². The SMILES string of the molecule is COc1cc(-c2cc(OC)c(-c3ccccc3)cc2Br)c(Br)cc1-c1ccccc1. The molecule has 0 atom stereocenters. The van der Waals surface area contributed by atoms with Gasteiger partial charge in [-0.2, -0.15) is 0 Å². The molecule has 2 nitrogen and oxygen atoms in total. The molecule has 30 heavy (non-hydrogen) atoms. The Labute approximate surface area is 193 Å². The highest BCUT2D eigenvalue weighted by Crippen LogP contribution is 2.44. The first-order chi connectivity index (χ1) is 14.6. The van der Waals surface area contributed by atoms with Gasteiger partial charge in [0.2, 0.25) is 0 Å². The number of halogens is 2. The van der Waals surface area contributed by atoms with E-state index in [1.165, 1.54) is 0 Å². The smallest absolute Gasteiger partial charge is 0.127 e. The van der Waals surface area contributed by atoms with E-state index in [1.54, 1.807) is 14.2 Å². The summed E-state index contributed by atoms with van der Waals surface area (Å²) < 4.78 is 13.4. The molecule has 0 aliphatic heterocycles. The maximum atomic E-state index is 5.74. The monoisotopic (exact) mass is 522 g/mol. The molecule has 4 heteroatoms. The van der Waals surface area contributed by atoms with Crippen LogP contribution in [0.1, 0.15) is 0 Å². The van der Waals surface area contributed by atoms with Crippen molar-refractivity contribution < 1.29 is 9.47 Å². The lowest BCUT2D eigenvalue weighted by Gasteiger charge is -2.17. The number of methoxy groups -OCH3 is 2. The summed E-state index contributed by atoms with van der Waals surface area (Å²) in [5.41, 5.74) is 6.35. The van der Waals surface area contributed by atoms with E-state index in [0.717, 1.165) is 53.8 Å². The molecule has 0 aliphatic rings. The van der Waals surface area contributed by atoms with E-state index in [-0.39, 0.29) is 0 Å². The van der Waals surface area contributed by atoms with Gasteiger partial charge in [0, 0.05) is 31.2 Å². The second-order valence-electron chi connectivity index (χ2n) is 6.80. The molecule has 0 heterocycles. The molecule has 0 fully saturated rings. The van der Waals surface area contributed by atoms with E-state index in [1.807, 2.05) is 36.4 Å². The van der Waals surface area contributed by atoms with Crippen LogP contribution in [0.4, 0.5) is 0 Å². The molecule has 0 spiro atoms. The van der Waals surface area contributed by atoms with Crippen molar-refractivity contribution in [3.63, 3.8) is 0 Å². The van der Waals surface area contributed by atoms with Crippen LogP contribution >= 0.6 is 31.9 Å². The van der Waals surface area contributed by atoms with Crippen molar-refractivity contribution in [1.82, 2.24) is 0 Å². The fourth-order valence-corrected chi connectivity index (χ4v) is 4.66. The average molecular weight is 524 g/mol. The van der Waals surface area contributed by atoms with Crippen molar-refractivity contribution in [2.75, 3.05) is 14.2 Å². The Kier molecular flexibility index (Phi) is 6.26. The van der Waals surface area contributed by atoms with Crippen LogP contribution < -0.4 is 9.47 Å². The molecule has 0 bridgehead atoms. The first-order valence-corrected chi connectivity index (χ1v) is 11.1. The molecule has 0 aromatic heterocycles. The van der Waals surface area contributed by atoms with Gasteiger partial charge < -0.3 is 9.47 Å². The maximum Gasteiger partial charge on any atom is 0.127 e. The van der Waals surface area contributed by atoms with Crippen LogP contribution in [0, 0.1) is 0 Å². The van der Waals surface area contributed by atoms with Gasteiger partial charge in [-0.15, -0.1) is 0 Å². The van der Waals surface area contributed by atoms with Gasteiger partial charge in [-0.3, -0.25) is 0 Å². The highest BCUT2D eigenvalue weighted by molar-refractivity contribution is 9.11. The molecule has 0 radical (unpaired) electrons. The van der Waals surface area contributed by atoms with Crippen molar-refractivity contribution in [3.05, 3.63) is 93.9 Å². The van der Waals surface area contributed by atoms with Gasteiger partial charge in [0.15, 0.2) is 0 Å². The van der Waals surface area contributed by atoms with Crippen LogP contribution in [-0.4, -0.2) is 14.2 Å². The fourth-order valence-electron chi connectivity index (χ4n) is 3.54. The summed E-state index contributed by atoms with van der Waals surface area (Å²) in [7, 11) is 3.40. The zero-order valence-corrected chi connectivity index (χ0v) is 19.8. The normalized spacial score (nSPS) is 10.7. The molecule has 0 N–H and O–H groups in total. The lowest BCUT2D eigenvalue weighted by molar-refractivity contribution is 0.416. The molecule has 0 aliphatic carbocycles. The number of benzene rings is 4. The van der Waals surface area contributed by atoms with E-state index < -0.39 is 0 Å².